The van der Waals surface area contributed by atoms with E-state index in [2.05, 4.69) is 35.4 Å². The van der Waals surface area contributed by atoms with Crippen molar-refractivity contribution in [1.82, 2.24) is 14.8 Å². The molecule has 3 heterocycles. The number of carbonyl (C=O) groups is 2. The summed E-state index contributed by atoms with van der Waals surface area (Å²) < 4.78 is 6.89. The Balaban J connectivity index is 1.46. The van der Waals surface area contributed by atoms with Crippen molar-refractivity contribution in [1.29, 1.82) is 0 Å². The number of carbonyl (C=O) groups excluding carboxylic acids is 2. The molecule has 0 aromatic carbocycles. The SMILES string of the molecule is COC(=O)c1c(NC(=O)CSc2nnc(-c3csc(C)c3)n2C)sc2c1CCC(C)C2. The molecule has 1 unspecified atom stereocenters. The Bertz CT molecular complexity index is 1130. The maximum atomic E-state index is 12.7. The Labute approximate surface area is 193 Å². The van der Waals surface area contributed by atoms with Crippen LogP contribution in [0.1, 0.15) is 39.0 Å². The number of nitrogens with zero attached hydrogens (tertiary/aromatic N) is 3. The lowest BCUT2D eigenvalue weighted by molar-refractivity contribution is -0.113. The first-order valence-corrected chi connectivity index (χ1v) is 12.7. The van der Waals surface area contributed by atoms with Crippen LogP contribution in [0.5, 0.6) is 0 Å². The van der Waals surface area contributed by atoms with Crippen LogP contribution in [0.25, 0.3) is 11.4 Å². The quantitative estimate of drug-likeness (QED) is 0.415. The van der Waals surface area contributed by atoms with E-state index in [4.69, 9.17) is 4.74 Å². The van der Waals surface area contributed by atoms with Gasteiger partial charge in [0.05, 0.1) is 18.4 Å². The Morgan fingerprint density at radius 3 is 2.90 bits per heavy atom. The number of esters is 1. The summed E-state index contributed by atoms with van der Waals surface area (Å²) in [6.07, 6.45) is 2.80. The van der Waals surface area contributed by atoms with Crippen LogP contribution in [0.4, 0.5) is 5.00 Å². The van der Waals surface area contributed by atoms with Gasteiger partial charge in [0.15, 0.2) is 11.0 Å². The highest BCUT2D eigenvalue weighted by atomic mass is 32.2. The molecule has 7 nitrogen and oxygen atoms in total. The van der Waals surface area contributed by atoms with Crippen LogP contribution >= 0.6 is 34.4 Å². The summed E-state index contributed by atoms with van der Waals surface area (Å²) in [5.74, 6) is 0.957. The highest BCUT2D eigenvalue weighted by molar-refractivity contribution is 7.99. The minimum absolute atomic E-state index is 0.175. The molecular weight excluding hydrogens is 452 g/mol. The molecule has 1 atom stereocenters. The molecule has 0 saturated heterocycles. The normalized spacial score (nSPS) is 15.5. The number of thiophene rings is 2. The molecule has 0 bridgehead atoms. The van der Waals surface area contributed by atoms with Crippen LogP contribution in [0.15, 0.2) is 16.6 Å². The van der Waals surface area contributed by atoms with Gasteiger partial charge in [-0.3, -0.25) is 4.79 Å². The maximum Gasteiger partial charge on any atom is 0.341 e. The zero-order chi connectivity index (χ0) is 22.1. The lowest BCUT2D eigenvalue weighted by atomic mass is 9.88. The third kappa shape index (κ3) is 4.56. The summed E-state index contributed by atoms with van der Waals surface area (Å²) in [7, 11) is 3.27. The molecule has 0 fully saturated rings. The summed E-state index contributed by atoms with van der Waals surface area (Å²) in [6, 6.07) is 2.07. The summed E-state index contributed by atoms with van der Waals surface area (Å²) >= 11 is 4.48. The molecule has 164 valence electrons. The second-order valence-corrected chi connectivity index (χ2v) is 10.9. The molecule has 3 aromatic heterocycles. The molecule has 1 aliphatic carbocycles. The van der Waals surface area contributed by atoms with Crippen LogP contribution in [-0.2, 0) is 29.4 Å². The Morgan fingerprint density at radius 2 is 2.19 bits per heavy atom. The summed E-state index contributed by atoms with van der Waals surface area (Å²) in [5, 5.41) is 14.7. The largest absolute Gasteiger partial charge is 0.465 e. The third-order valence-electron chi connectivity index (χ3n) is 5.31. The number of aromatic nitrogens is 3. The van der Waals surface area contributed by atoms with Gasteiger partial charge in [-0.2, -0.15) is 0 Å². The Morgan fingerprint density at radius 1 is 1.39 bits per heavy atom. The summed E-state index contributed by atoms with van der Waals surface area (Å²) in [5.41, 5.74) is 2.57. The van der Waals surface area contributed by atoms with Gasteiger partial charge in [0.2, 0.25) is 5.91 Å². The molecule has 1 aliphatic rings. The minimum Gasteiger partial charge on any atom is -0.465 e. The molecule has 0 spiro atoms. The number of methoxy groups -OCH3 is 1. The second kappa shape index (κ2) is 9.13. The van der Waals surface area contributed by atoms with Crippen molar-refractivity contribution in [2.24, 2.45) is 13.0 Å². The molecule has 1 N–H and O–H groups in total. The minimum atomic E-state index is -0.390. The van der Waals surface area contributed by atoms with E-state index >= 15 is 0 Å². The van der Waals surface area contributed by atoms with Crippen LogP contribution in [-0.4, -0.2) is 39.5 Å². The van der Waals surface area contributed by atoms with E-state index in [0.717, 1.165) is 36.2 Å². The molecular formula is C21H24N4O3S3. The fourth-order valence-electron chi connectivity index (χ4n) is 3.70. The lowest BCUT2D eigenvalue weighted by Gasteiger charge is -2.18. The molecule has 3 aromatic rings. The van der Waals surface area contributed by atoms with Gasteiger partial charge in [-0.1, -0.05) is 18.7 Å². The van der Waals surface area contributed by atoms with E-state index in [-0.39, 0.29) is 17.6 Å². The molecule has 31 heavy (non-hydrogen) atoms. The molecule has 0 aliphatic heterocycles. The van der Waals surface area contributed by atoms with Crippen molar-refractivity contribution in [3.63, 3.8) is 0 Å². The van der Waals surface area contributed by atoms with Gasteiger partial charge in [0.25, 0.3) is 0 Å². The van der Waals surface area contributed by atoms with Crippen LogP contribution in [0, 0.1) is 12.8 Å². The average molecular weight is 477 g/mol. The smallest absolute Gasteiger partial charge is 0.341 e. The molecule has 1 amide bonds. The fraction of sp³-hybridized carbons (Fsp3) is 0.429. The number of hydrogen-bond donors (Lipinski definition) is 1. The Kier molecular flexibility index (Phi) is 6.49. The first-order valence-electron chi connectivity index (χ1n) is 9.97. The highest BCUT2D eigenvalue weighted by Gasteiger charge is 2.29. The van der Waals surface area contributed by atoms with Gasteiger partial charge in [0.1, 0.15) is 5.00 Å². The van der Waals surface area contributed by atoms with Gasteiger partial charge in [0, 0.05) is 27.7 Å². The topological polar surface area (TPSA) is 86.1 Å². The molecule has 10 heteroatoms. The first-order chi connectivity index (χ1) is 14.9. The fourth-order valence-corrected chi connectivity index (χ4v) is 6.51. The van der Waals surface area contributed by atoms with Gasteiger partial charge >= 0.3 is 5.97 Å². The van der Waals surface area contributed by atoms with E-state index in [1.807, 2.05) is 17.0 Å². The zero-order valence-corrected chi connectivity index (χ0v) is 20.3. The van der Waals surface area contributed by atoms with E-state index in [0.29, 0.717) is 21.6 Å². The molecule has 0 saturated carbocycles. The van der Waals surface area contributed by atoms with Crippen molar-refractivity contribution in [2.45, 2.75) is 38.3 Å². The number of aryl methyl sites for hydroxylation is 1. The van der Waals surface area contributed by atoms with Crippen molar-refractivity contribution < 1.29 is 14.3 Å². The second-order valence-electron chi connectivity index (χ2n) is 7.70. The van der Waals surface area contributed by atoms with E-state index in [1.54, 1.807) is 11.3 Å². The van der Waals surface area contributed by atoms with E-state index < -0.39 is 0 Å². The Hall–Kier alpha value is -2.17. The van der Waals surface area contributed by atoms with Gasteiger partial charge in [-0.25, -0.2) is 4.79 Å². The van der Waals surface area contributed by atoms with E-state index in [1.165, 1.54) is 40.0 Å². The van der Waals surface area contributed by atoms with Crippen LogP contribution in [0.3, 0.4) is 0 Å². The maximum absolute atomic E-state index is 12.7. The third-order valence-corrected chi connectivity index (χ3v) is 8.36. The number of nitrogens with one attached hydrogen (secondary N) is 1. The number of rotatable bonds is 6. The number of anilines is 1. The van der Waals surface area contributed by atoms with E-state index in [9.17, 15) is 9.59 Å². The zero-order valence-electron chi connectivity index (χ0n) is 17.9. The van der Waals surface area contributed by atoms with Crippen LogP contribution < -0.4 is 5.32 Å². The molecule has 4 rings (SSSR count). The predicted octanol–water partition coefficient (Wildman–Crippen LogP) is 4.56. The van der Waals surface area contributed by atoms with Crippen molar-refractivity contribution >= 4 is 51.3 Å². The number of fused-ring (bicyclic) bond motifs is 1. The van der Waals surface area contributed by atoms with Crippen LogP contribution in [0.2, 0.25) is 0 Å². The number of ether oxygens (including phenoxy) is 1. The number of hydrogen-bond acceptors (Lipinski definition) is 8. The summed E-state index contributed by atoms with van der Waals surface area (Å²) in [6.45, 7) is 4.26. The van der Waals surface area contributed by atoms with Gasteiger partial charge in [-0.05, 0) is 43.7 Å². The monoisotopic (exact) mass is 476 g/mol. The number of thioether (sulfide) groups is 1. The molecule has 0 radical (unpaired) electrons. The first kappa shape index (κ1) is 22.0. The van der Waals surface area contributed by atoms with Gasteiger partial charge in [-0.15, -0.1) is 32.9 Å². The van der Waals surface area contributed by atoms with Crippen molar-refractivity contribution in [3.8, 4) is 11.4 Å². The van der Waals surface area contributed by atoms with Gasteiger partial charge < -0.3 is 14.6 Å². The van der Waals surface area contributed by atoms with Crippen molar-refractivity contribution in [3.05, 3.63) is 32.3 Å². The lowest BCUT2D eigenvalue weighted by Crippen LogP contribution is -2.17. The standard InChI is InChI=1S/C21H24N4O3S3/c1-11-5-6-14-15(7-11)31-19(17(14)20(27)28-4)22-16(26)10-30-21-24-23-18(25(21)3)13-8-12(2)29-9-13/h8-9,11H,5-7,10H2,1-4H3,(H,22,26). The average Bonchev–Trinajstić information content (AvgIpc) is 3.42. The predicted molar refractivity (Wildman–Crippen MR) is 125 cm³/mol. The number of amides is 1. The summed E-state index contributed by atoms with van der Waals surface area (Å²) in [4.78, 5) is 27.5. The van der Waals surface area contributed by atoms with Crippen molar-refractivity contribution in [2.75, 3.05) is 18.2 Å². The highest BCUT2D eigenvalue weighted by Crippen LogP contribution is 2.40.